The lowest BCUT2D eigenvalue weighted by atomic mass is 10.3. The largest absolute Gasteiger partial charge is 0.497 e. The molecule has 4 rings (SSSR count). The Morgan fingerprint density at radius 3 is 2.43 bits per heavy atom. The van der Waals surface area contributed by atoms with Gasteiger partial charge in [-0.15, -0.1) is 0 Å². The number of carbonyl (C=O) groups excluding carboxylic acids is 2. The Kier molecular flexibility index (Phi) is 7.55. The van der Waals surface area contributed by atoms with Crippen LogP contribution >= 0.6 is 0 Å². The first-order valence-corrected chi connectivity index (χ1v) is 10.9. The molecular formula is C23H21F3N6O5. The highest BCUT2D eigenvalue weighted by Crippen LogP contribution is 2.31. The van der Waals surface area contributed by atoms with Gasteiger partial charge in [-0.05, 0) is 36.4 Å². The number of fused-ring (bicyclic) bond motifs is 1. The second-order valence-corrected chi connectivity index (χ2v) is 7.59. The van der Waals surface area contributed by atoms with Crippen LogP contribution in [0, 0.1) is 0 Å². The number of halogens is 3. The summed E-state index contributed by atoms with van der Waals surface area (Å²) in [6.07, 6.45) is -4.70. The normalized spacial score (nSPS) is 11.4. The highest BCUT2D eigenvalue weighted by molar-refractivity contribution is 5.89. The molecule has 2 N–H and O–H groups in total. The standard InChI is InChI=1S/C23H21F3N6O5/c1-35-14-6-8-15(9-7-14)36-13-19(33)27-10-11-28-20(34)21-30-18(31-37-21)12-32-17-5-3-2-4-16(17)29-22(32)23(24,25)26/h2-9H,10-13H2,1H3,(H,27,33)(H,28,34). The number of amides is 2. The molecule has 0 bridgehead atoms. The monoisotopic (exact) mass is 518 g/mol. The van der Waals surface area contributed by atoms with Crippen LogP contribution in [0.2, 0.25) is 0 Å². The summed E-state index contributed by atoms with van der Waals surface area (Å²) in [5.41, 5.74) is 0.394. The molecule has 0 atom stereocenters. The number of ether oxygens (including phenoxy) is 2. The Bertz CT molecular complexity index is 1380. The van der Waals surface area contributed by atoms with E-state index in [2.05, 4.69) is 25.8 Å². The summed E-state index contributed by atoms with van der Waals surface area (Å²) in [5, 5.41) is 8.65. The van der Waals surface area contributed by atoms with Gasteiger partial charge in [0.05, 0.1) is 24.7 Å². The molecule has 37 heavy (non-hydrogen) atoms. The van der Waals surface area contributed by atoms with Crippen molar-refractivity contribution >= 4 is 22.8 Å². The molecule has 0 aliphatic carbocycles. The lowest BCUT2D eigenvalue weighted by Gasteiger charge is -2.09. The minimum atomic E-state index is -4.70. The zero-order valence-corrected chi connectivity index (χ0v) is 19.4. The average Bonchev–Trinajstić information content (AvgIpc) is 3.51. The maximum absolute atomic E-state index is 13.5. The Morgan fingerprint density at radius 2 is 1.70 bits per heavy atom. The Balaban J connectivity index is 1.26. The lowest BCUT2D eigenvalue weighted by Crippen LogP contribution is -2.36. The van der Waals surface area contributed by atoms with E-state index in [1.165, 1.54) is 19.2 Å². The van der Waals surface area contributed by atoms with Crippen molar-refractivity contribution in [2.75, 3.05) is 26.8 Å². The quantitative estimate of drug-likeness (QED) is 0.306. The van der Waals surface area contributed by atoms with Crippen LogP contribution in [0.15, 0.2) is 53.1 Å². The van der Waals surface area contributed by atoms with Crippen LogP contribution in [0.1, 0.15) is 22.3 Å². The molecule has 11 nitrogen and oxygen atoms in total. The molecule has 0 spiro atoms. The molecule has 2 aromatic carbocycles. The second kappa shape index (κ2) is 11.0. The van der Waals surface area contributed by atoms with Crippen molar-refractivity contribution in [3.05, 3.63) is 66.1 Å². The molecule has 4 aromatic rings. The van der Waals surface area contributed by atoms with Gasteiger partial charge in [0.2, 0.25) is 5.82 Å². The van der Waals surface area contributed by atoms with Gasteiger partial charge in [-0.1, -0.05) is 17.3 Å². The van der Waals surface area contributed by atoms with E-state index >= 15 is 0 Å². The molecule has 0 saturated carbocycles. The number of para-hydroxylation sites is 2. The maximum Gasteiger partial charge on any atom is 0.449 e. The Morgan fingerprint density at radius 1 is 1.00 bits per heavy atom. The number of imidazole rings is 1. The highest BCUT2D eigenvalue weighted by Gasteiger charge is 2.38. The fourth-order valence-electron chi connectivity index (χ4n) is 3.33. The predicted octanol–water partition coefficient (Wildman–Crippen LogP) is 2.42. The molecule has 194 valence electrons. The van der Waals surface area contributed by atoms with Gasteiger partial charge in [0.15, 0.2) is 12.4 Å². The third-order valence-electron chi connectivity index (χ3n) is 5.03. The number of nitrogens with zero attached hydrogens (tertiary/aromatic N) is 4. The van der Waals surface area contributed by atoms with Gasteiger partial charge in [0.1, 0.15) is 11.5 Å². The fourth-order valence-corrected chi connectivity index (χ4v) is 3.33. The second-order valence-electron chi connectivity index (χ2n) is 7.59. The number of carbonyl (C=O) groups is 2. The van der Waals surface area contributed by atoms with Crippen molar-refractivity contribution in [1.82, 2.24) is 30.3 Å². The van der Waals surface area contributed by atoms with Gasteiger partial charge in [-0.3, -0.25) is 9.59 Å². The molecule has 2 aromatic heterocycles. The van der Waals surface area contributed by atoms with Gasteiger partial charge < -0.3 is 29.2 Å². The smallest absolute Gasteiger partial charge is 0.449 e. The van der Waals surface area contributed by atoms with E-state index in [1.54, 1.807) is 36.4 Å². The first-order valence-electron chi connectivity index (χ1n) is 10.9. The highest BCUT2D eigenvalue weighted by atomic mass is 19.4. The van der Waals surface area contributed by atoms with Crippen molar-refractivity contribution in [2.45, 2.75) is 12.7 Å². The molecule has 0 saturated heterocycles. The number of nitrogens with one attached hydrogen (secondary N) is 2. The van der Waals surface area contributed by atoms with E-state index in [0.29, 0.717) is 11.5 Å². The molecule has 14 heteroatoms. The summed E-state index contributed by atoms with van der Waals surface area (Å²) < 4.78 is 56.6. The van der Waals surface area contributed by atoms with Crippen molar-refractivity contribution in [3.63, 3.8) is 0 Å². The van der Waals surface area contributed by atoms with Gasteiger partial charge in [-0.25, -0.2) is 4.98 Å². The van der Waals surface area contributed by atoms with E-state index in [4.69, 9.17) is 14.0 Å². The zero-order valence-electron chi connectivity index (χ0n) is 19.4. The van der Waals surface area contributed by atoms with Crippen LogP contribution in [0.4, 0.5) is 13.2 Å². The number of rotatable bonds is 10. The summed E-state index contributed by atoms with van der Waals surface area (Å²) in [6, 6.07) is 12.8. The minimum absolute atomic E-state index is 0.0369. The molecule has 0 aliphatic heterocycles. The molecular weight excluding hydrogens is 497 g/mol. The molecule has 0 radical (unpaired) electrons. The van der Waals surface area contributed by atoms with Crippen LogP contribution in [0.25, 0.3) is 11.0 Å². The van der Waals surface area contributed by atoms with Crippen molar-refractivity contribution in [1.29, 1.82) is 0 Å². The van der Waals surface area contributed by atoms with Gasteiger partial charge in [0, 0.05) is 13.1 Å². The summed E-state index contributed by atoms with van der Waals surface area (Å²) >= 11 is 0. The number of alkyl halides is 3. The summed E-state index contributed by atoms with van der Waals surface area (Å²) in [6.45, 7) is -0.505. The molecule has 2 amide bonds. The average molecular weight is 518 g/mol. The summed E-state index contributed by atoms with van der Waals surface area (Å²) in [7, 11) is 1.54. The van der Waals surface area contributed by atoms with Crippen molar-refractivity contribution in [2.24, 2.45) is 0 Å². The molecule has 0 aliphatic rings. The van der Waals surface area contributed by atoms with E-state index < -0.39 is 36.3 Å². The van der Waals surface area contributed by atoms with Crippen molar-refractivity contribution in [3.8, 4) is 11.5 Å². The summed E-state index contributed by atoms with van der Waals surface area (Å²) in [5.74, 6) is -1.68. The Labute approximate surface area is 207 Å². The molecule has 2 heterocycles. The van der Waals surface area contributed by atoms with Crippen LogP contribution in [-0.4, -0.2) is 58.3 Å². The topological polar surface area (TPSA) is 133 Å². The van der Waals surface area contributed by atoms with Gasteiger partial charge >= 0.3 is 18.0 Å². The number of methoxy groups -OCH3 is 1. The Hall–Kier alpha value is -4.62. The number of aromatic nitrogens is 4. The predicted molar refractivity (Wildman–Crippen MR) is 122 cm³/mol. The van der Waals surface area contributed by atoms with E-state index in [9.17, 15) is 22.8 Å². The molecule has 0 unspecified atom stereocenters. The van der Waals surface area contributed by atoms with Crippen LogP contribution in [0.5, 0.6) is 11.5 Å². The fraction of sp³-hybridized carbons (Fsp3) is 0.261. The van der Waals surface area contributed by atoms with Crippen molar-refractivity contribution < 1.29 is 36.8 Å². The minimum Gasteiger partial charge on any atom is -0.497 e. The number of hydrogen-bond acceptors (Lipinski definition) is 8. The third kappa shape index (κ3) is 6.34. The van der Waals surface area contributed by atoms with E-state index in [0.717, 1.165) is 4.57 Å². The van der Waals surface area contributed by atoms with E-state index in [1.807, 2.05) is 0 Å². The maximum atomic E-state index is 13.5. The first kappa shape index (κ1) is 25.5. The van der Waals surface area contributed by atoms with Crippen LogP contribution in [0.3, 0.4) is 0 Å². The van der Waals surface area contributed by atoms with Crippen LogP contribution in [-0.2, 0) is 17.5 Å². The first-order chi connectivity index (χ1) is 17.7. The molecule has 0 fully saturated rings. The summed E-state index contributed by atoms with van der Waals surface area (Å²) in [4.78, 5) is 31.7. The SMILES string of the molecule is COc1ccc(OCC(=O)NCCNC(=O)c2nc(Cn3c(C(F)(F)F)nc4ccccc43)no2)cc1. The zero-order chi connectivity index (χ0) is 26.4. The van der Waals surface area contributed by atoms with E-state index in [-0.39, 0.29) is 36.6 Å². The van der Waals surface area contributed by atoms with Gasteiger partial charge in [0.25, 0.3) is 5.91 Å². The lowest BCUT2D eigenvalue weighted by molar-refractivity contribution is -0.146. The third-order valence-corrected chi connectivity index (χ3v) is 5.03. The van der Waals surface area contributed by atoms with Gasteiger partial charge in [-0.2, -0.15) is 18.2 Å². The van der Waals surface area contributed by atoms with Crippen LogP contribution < -0.4 is 20.1 Å². The number of hydrogen-bond donors (Lipinski definition) is 2. The number of benzene rings is 2.